The van der Waals surface area contributed by atoms with E-state index in [0.29, 0.717) is 0 Å². The Kier molecular flexibility index (Phi) is 5.75. The van der Waals surface area contributed by atoms with Crippen LogP contribution in [0.1, 0.15) is 0 Å². The highest BCUT2D eigenvalue weighted by Crippen LogP contribution is 2.53. The summed E-state index contributed by atoms with van der Waals surface area (Å²) < 4.78 is 0. The van der Waals surface area contributed by atoms with Gasteiger partial charge in [-0.3, -0.25) is 4.98 Å². The fourth-order valence-corrected chi connectivity index (χ4v) is 5.94. The lowest BCUT2D eigenvalue weighted by Crippen LogP contribution is -2.23. The number of hydrogen-bond acceptors (Lipinski definition) is 4. The van der Waals surface area contributed by atoms with Crippen molar-refractivity contribution in [3.63, 3.8) is 0 Å². The summed E-state index contributed by atoms with van der Waals surface area (Å²) in [6.07, 6.45) is 3.68. The normalized spacial score (nSPS) is 12.2. The van der Waals surface area contributed by atoms with E-state index >= 15 is 0 Å². The van der Waals surface area contributed by atoms with E-state index in [1.54, 1.807) is 0 Å². The zero-order valence-electron chi connectivity index (χ0n) is 22.8. The average Bonchev–Trinajstić information content (AvgIpc) is 3.07. The van der Waals surface area contributed by atoms with Crippen molar-refractivity contribution >= 4 is 45.0 Å². The number of benzene rings is 5. The standard InChI is InChI=1S/C38H26N4/c1-3-11-27(12-4-1)32-25-33(40-34-26-39-24-23-31(32)34)28-19-21-30(22-20-28)42-37-17-9-7-15-35(37)41(29-13-5-2-6-14-29)36-16-8-10-18-38(36)42/h1-26H. The van der Waals surface area contributed by atoms with E-state index in [4.69, 9.17) is 4.98 Å². The predicted molar refractivity (Wildman–Crippen MR) is 173 cm³/mol. The highest BCUT2D eigenvalue weighted by molar-refractivity contribution is 6.01. The van der Waals surface area contributed by atoms with Crippen LogP contribution in [0.15, 0.2) is 158 Å². The molecule has 2 aromatic heterocycles. The van der Waals surface area contributed by atoms with Gasteiger partial charge in [-0.2, -0.15) is 0 Å². The van der Waals surface area contributed by atoms with E-state index in [1.807, 2.05) is 24.5 Å². The Hall–Kier alpha value is -5.74. The first-order valence-electron chi connectivity index (χ1n) is 14.1. The lowest BCUT2D eigenvalue weighted by Gasteiger charge is -2.40. The third-order valence-electron chi connectivity index (χ3n) is 7.86. The first-order chi connectivity index (χ1) is 20.8. The smallest absolute Gasteiger partial charge is 0.0898 e. The summed E-state index contributed by atoms with van der Waals surface area (Å²) >= 11 is 0. The van der Waals surface area contributed by atoms with Gasteiger partial charge in [0.25, 0.3) is 0 Å². The van der Waals surface area contributed by atoms with Crippen molar-refractivity contribution in [2.75, 3.05) is 9.80 Å². The van der Waals surface area contributed by atoms with Gasteiger partial charge in [-0.1, -0.05) is 84.9 Å². The third-order valence-corrected chi connectivity index (χ3v) is 7.86. The second kappa shape index (κ2) is 10.0. The van der Waals surface area contributed by atoms with Crippen molar-refractivity contribution < 1.29 is 0 Å². The van der Waals surface area contributed by atoms with Gasteiger partial charge in [-0.25, -0.2) is 4.98 Å². The fraction of sp³-hybridized carbons (Fsp3) is 0. The van der Waals surface area contributed by atoms with Gasteiger partial charge >= 0.3 is 0 Å². The molecule has 0 saturated carbocycles. The Balaban J connectivity index is 1.24. The molecular formula is C38H26N4. The molecule has 7 aromatic rings. The van der Waals surface area contributed by atoms with E-state index < -0.39 is 0 Å². The Morgan fingerprint density at radius 1 is 0.452 bits per heavy atom. The van der Waals surface area contributed by atoms with Gasteiger partial charge in [-0.05, 0) is 71.8 Å². The number of rotatable bonds is 4. The Morgan fingerprint density at radius 3 is 1.57 bits per heavy atom. The minimum absolute atomic E-state index is 0.887. The average molecular weight is 539 g/mol. The number of pyridine rings is 2. The molecule has 0 saturated heterocycles. The Morgan fingerprint density at radius 2 is 0.976 bits per heavy atom. The molecule has 4 heteroatoms. The molecule has 0 amide bonds. The van der Waals surface area contributed by atoms with Crippen LogP contribution in [0.2, 0.25) is 0 Å². The molecule has 1 aliphatic rings. The minimum atomic E-state index is 0.887. The van der Waals surface area contributed by atoms with Crippen LogP contribution in [0.25, 0.3) is 33.3 Å². The van der Waals surface area contributed by atoms with Gasteiger partial charge in [0.1, 0.15) is 0 Å². The summed E-state index contributed by atoms with van der Waals surface area (Å²) in [4.78, 5) is 14.1. The molecule has 0 bridgehead atoms. The van der Waals surface area contributed by atoms with Crippen molar-refractivity contribution in [1.29, 1.82) is 0 Å². The van der Waals surface area contributed by atoms with Crippen LogP contribution in [0.3, 0.4) is 0 Å². The molecular weight excluding hydrogens is 512 g/mol. The summed E-state index contributed by atoms with van der Waals surface area (Å²) in [6, 6.07) is 51.2. The Bertz CT molecular complexity index is 1990. The van der Waals surface area contributed by atoms with E-state index in [9.17, 15) is 0 Å². The third kappa shape index (κ3) is 4.01. The maximum absolute atomic E-state index is 5.01. The monoisotopic (exact) mass is 538 g/mol. The highest BCUT2D eigenvalue weighted by atomic mass is 15.3. The molecule has 4 nitrogen and oxygen atoms in total. The quantitative estimate of drug-likeness (QED) is 0.223. The molecule has 0 atom stereocenters. The number of nitrogens with zero attached hydrogens (tertiary/aromatic N) is 4. The lowest BCUT2D eigenvalue weighted by molar-refractivity contribution is 1.17. The van der Waals surface area contributed by atoms with Crippen LogP contribution in [-0.4, -0.2) is 9.97 Å². The number of fused-ring (bicyclic) bond motifs is 3. The molecule has 8 rings (SSSR count). The van der Waals surface area contributed by atoms with Gasteiger partial charge < -0.3 is 9.80 Å². The van der Waals surface area contributed by atoms with Crippen molar-refractivity contribution in [3.05, 3.63) is 158 Å². The van der Waals surface area contributed by atoms with E-state index in [0.717, 1.165) is 61.8 Å². The number of para-hydroxylation sites is 5. The van der Waals surface area contributed by atoms with Gasteiger partial charge in [0.05, 0.1) is 40.2 Å². The largest absolute Gasteiger partial charge is 0.306 e. The number of anilines is 6. The van der Waals surface area contributed by atoms with E-state index in [1.165, 1.54) is 5.56 Å². The molecule has 0 aliphatic carbocycles. The SMILES string of the molecule is c1ccc(-c2cc(-c3ccc(N4c5ccccc5N(c5ccccc5)c5ccccc54)cc3)nc3cnccc23)cc1. The molecule has 0 fully saturated rings. The van der Waals surface area contributed by atoms with Gasteiger partial charge in [0.2, 0.25) is 0 Å². The predicted octanol–water partition coefficient (Wildman–Crippen LogP) is 10.2. The first-order valence-corrected chi connectivity index (χ1v) is 14.1. The molecule has 3 heterocycles. The number of hydrogen-bond donors (Lipinski definition) is 0. The van der Waals surface area contributed by atoms with Crippen LogP contribution in [-0.2, 0) is 0 Å². The van der Waals surface area contributed by atoms with Gasteiger partial charge in [-0.15, -0.1) is 0 Å². The molecule has 0 unspecified atom stereocenters. The molecule has 1 aliphatic heterocycles. The summed E-state index contributed by atoms with van der Waals surface area (Å²) in [5.74, 6) is 0. The molecule has 0 radical (unpaired) electrons. The minimum Gasteiger partial charge on any atom is -0.306 e. The summed E-state index contributed by atoms with van der Waals surface area (Å²) in [7, 11) is 0. The second-order valence-corrected chi connectivity index (χ2v) is 10.3. The van der Waals surface area contributed by atoms with Crippen LogP contribution in [0.4, 0.5) is 34.1 Å². The summed E-state index contributed by atoms with van der Waals surface area (Å²) in [6.45, 7) is 0. The van der Waals surface area contributed by atoms with Crippen LogP contribution in [0.5, 0.6) is 0 Å². The van der Waals surface area contributed by atoms with Crippen molar-refractivity contribution in [2.24, 2.45) is 0 Å². The van der Waals surface area contributed by atoms with E-state index in [2.05, 4.69) is 148 Å². The summed E-state index contributed by atoms with van der Waals surface area (Å²) in [5.41, 5.74) is 12.0. The zero-order valence-corrected chi connectivity index (χ0v) is 22.8. The van der Waals surface area contributed by atoms with Gasteiger partial charge in [0, 0.05) is 28.5 Å². The van der Waals surface area contributed by atoms with Gasteiger partial charge in [0.15, 0.2) is 0 Å². The molecule has 42 heavy (non-hydrogen) atoms. The number of aromatic nitrogens is 2. The van der Waals surface area contributed by atoms with Crippen LogP contribution >= 0.6 is 0 Å². The summed E-state index contributed by atoms with van der Waals surface area (Å²) in [5, 5.41) is 1.10. The van der Waals surface area contributed by atoms with Crippen LogP contribution in [0, 0.1) is 0 Å². The first kappa shape index (κ1) is 24.1. The highest BCUT2D eigenvalue weighted by Gasteiger charge is 2.29. The molecule has 198 valence electrons. The van der Waals surface area contributed by atoms with Crippen molar-refractivity contribution in [2.45, 2.75) is 0 Å². The fourth-order valence-electron chi connectivity index (χ4n) is 5.94. The zero-order chi connectivity index (χ0) is 27.9. The molecule has 0 N–H and O–H groups in total. The maximum Gasteiger partial charge on any atom is 0.0898 e. The van der Waals surface area contributed by atoms with Crippen molar-refractivity contribution in [1.82, 2.24) is 9.97 Å². The topological polar surface area (TPSA) is 32.3 Å². The van der Waals surface area contributed by atoms with E-state index in [-0.39, 0.29) is 0 Å². The van der Waals surface area contributed by atoms with Crippen molar-refractivity contribution in [3.8, 4) is 22.4 Å². The van der Waals surface area contributed by atoms with Crippen LogP contribution < -0.4 is 9.80 Å². The second-order valence-electron chi connectivity index (χ2n) is 10.3. The Labute approximate surface area is 244 Å². The lowest BCUT2D eigenvalue weighted by atomic mass is 9.99. The maximum atomic E-state index is 5.01. The molecule has 0 spiro atoms. The molecule has 5 aromatic carbocycles.